The van der Waals surface area contributed by atoms with Crippen LogP contribution in [-0.2, 0) is 12.5 Å². The Morgan fingerprint density at radius 2 is 1.87 bits per heavy atom. The van der Waals surface area contributed by atoms with Crippen LogP contribution in [0.5, 0.6) is 0 Å². The van der Waals surface area contributed by atoms with Gasteiger partial charge in [-0.05, 0) is 41.8 Å². The normalized spacial score (nSPS) is 11.6. The number of hydrogen-bond donors (Lipinski definition) is 1. The average Bonchev–Trinajstić information content (AvgIpc) is 3.11. The van der Waals surface area contributed by atoms with Crippen LogP contribution in [0.3, 0.4) is 0 Å². The zero-order chi connectivity index (χ0) is 21.5. The van der Waals surface area contributed by atoms with E-state index in [9.17, 15) is 4.79 Å². The van der Waals surface area contributed by atoms with Crippen LogP contribution in [-0.4, -0.2) is 25.9 Å². The second-order valence-electron chi connectivity index (χ2n) is 8.57. The van der Waals surface area contributed by atoms with Crippen molar-refractivity contribution in [2.45, 2.75) is 33.1 Å². The van der Waals surface area contributed by atoms with Crippen molar-refractivity contribution in [2.75, 3.05) is 5.32 Å². The molecule has 6 nitrogen and oxygen atoms in total. The molecule has 0 unspecified atom stereocenters. The molecule has 6 heteroatoms. The fourth-order valence-electron chi connectivity index (χ4n) is 3.57. The van der Waals surface area contributed by atoms with Gasteiger partial charge in [0, 0.05) is 34.9 Å². The minimum atomic E-state index is -0.165. The van der Waals surface area contributed by atoms with Crippen LogP contribution >= 0.6 is 0 Å². The summed E-state index contributed by atoms with van der Waals surface area (Å²) in [7, 11) is 1.79. The maximum absolute atomic E-state index is 12.8. The van der Waals surface area contributed by atoms with Gasteiger partial charge in [-0.1, -0.05) is 39.0 Å². The number of aromatic nitrogens is 4. The van der Waals surface area contributed by atoms with Gasteiger partial charge in [0.15, 0.2) is 0 Å². The molecule has 2 heterocycles. The molecule has 0 bridgehead atoms. The lowest BCUT2D eigenvalue weighted by atomic mass is 9.88. The lowest BCUT2D eigenvalue weighted by molar-refractivity contribution is 0.102. The lowest BCUT2D eigenvalue weighted by Crippen LogP contribution is -2.15. The summed E-state index contributed by atoms with van der Waals surface area (Å²) in [6.07, 6.45) is 3.45. The second kappa shape index (κ2) is 7.37. The molecule has 0 radical (unpaired) electrons. The predicted molar refractivity (Wildman–Crippen MR) is 120 cm³/mol. The summed E-state index contributed by atoms with van der Waals surface area (Å²) in [5, 5.41) is 17.7. The molecule has 0 spiro atoms. The van der Waals surface area contributed by atoms with Gasteiger partial charge in [0.2, 0.25) is 0 Å². The number of carbonyl (C=O) groups excluding carboxylic acids is 1. The average molecular weight is 399 g/mol. The van der Waals surface area contributed by atoms with Crippen molar-refractivity contribution >= 4 is 22.5 Å². The first-order chi connectivity index (χ1) is 14.2. The topological polar surface area (TPSA) is 72.7 Å². The van der Waals surface area contributed by atoms with Gasteiger partial charge in [0.25, 0.3) is 5.91 Å². The summed E-state index contributed by atoms with van der Waals surface area (Å²) in [5.74, 6) is 0.489. The van der Waals surface area contributed by atoms with Gasteiger partial charge < -0.3 is 5.32 Å². The van der Waals surface area contributed by atoms with Crippen LogP contribution in [0.4, 0.5) is 5.82 Å². The number of hydrogen-bond acceptors (Lipinski definition) is 4. The van der Waals surface area contributed by atoms with E-state index in [-0.39, 0.29) is 11.3 Å². The molecule has 0 aliphatic heterocycles. The highest BCUT2D eigenvalue weighted by Gasteiger charge is 2.19. The molecule has 1 N–H and O–H groups in total. The standard InChI is InChI=1S/C24H25N5O/c1-15-6-7-17(23(30)27-21-10-11-26-29(21)5)13-20(15)16-8-9-19-18(12-16)14-25-28-22(19)24(2,3)4/h6-14H,1-5H3,(H,27,30). The Hall–Kier alpha value is -3.54. The maximum atomic E-state index is 12.8. The fourth-order valence-corrected chi connectivity index (χ4v) is 3.57. The van der Waals surface area contributed by atoms with Crippen LogP contribution in [0, 0.1) is 6.92 Å². The SMILES string of the molecule is Cc1ccc(C(=O)Nc2ccnn2C)cc1-c1ccc2c(C(C)(C)C)nncc2c1. The number of rotatable bonds is 3. The first-order valence-corrected chi connectivity index (χ1v) is 9.90. The van der Waals surface area contributed by atoms with Gasteiger partial charge in [-0.3, -0.25) is 9.48 Å². The van der Waals surface area contributed by atoms with E-state index in [0.29, 0.717) is 11.4 Å². The molecule has 2 aromatic heterocycles. The first kappa shape index (κ1) is 19.8. The molecule has 0 aliphatic carbocycles. The number of nitrogens with one attached hydrogen (secondary N) is 1. The van der Waals surface area contributed by atoms with Crippen LogP contribution < -0.4 is 5.32 Å². The number of benzene rings is 2. The van der Waals surface area contributed by atoms with E-state index in [0.717, 1.165) is 33.2 Å². The predicted octanol–water partition coefficient (Wildman–Crippen LogP) is 4.89. The third-order valence-corrected chi connectivity index (χ3v) is 5.24. The number of amides is 1. The molecule has 4 aromatic rings. The molecule has 1 amide bonds. The van der Waals surface area contributed by atoms with Gasteiger partial charge in [-0.15, -0.1) is 0 Å². The van der Waals surface area contributed by atoms with E-state index in [1.54, 1.807) is 30.2 Å². The molecule has 30 heavy (non-hydrogen) atoms. The van der Waals surface area contributed by atoms with Crippen molar-refractivity contribution in [2.24, 2.45) is 7.05 Å². The minimum Gasteiger partial charge on any atom is -0.307 e. The molecular weight excluding hydrogens is 374 g/mol. The third kappa shape index (κ3) is 3.68. The number of aryl methyl sites for hydroxylation is 2. The Bertz CT molecular complexity index is 1250. The van der Waals surface area contributed by atoms with Gasteiger partial charge >= 0.3 is 0 Å². The minimum absolute atomic E-state index is 0.0895. The van der Waals surface area contributed by atoms with Crippen molar-refractivity contribution in [1.82, 2.24) is 20.0 Å². The van der Waals surface area contributed by atoms with E-state index in [1.807, 2.05) is 25.1 Å². The number of fused-ring (bicyclic) bond motifs is 1. The number of carbonyl (C=O) groups is 1. The monoisotopic (exact) mass is 399 g/mol. The second-order valence-corrected chi connectivity index (χ2v) is 8.57. The Balaban J connectivity index is 1.73. The number of nitrogens with zero attached hydrogens (tertiary/aromatic N) is 4. The summed E-state index contributed by atoms with van der Waals surface area (Å²) < 4.78 is 1.63. The van der Waals surface area contributed by atoms with E-state index >= 15 is 0 Å². The van der Waals surface area contributed by atoms with Gasteiger partial charge in [-0.2, -0.15) is 15.3 Å². The highest BCUT2D eigenvalue weighted by molar-refractivity contribution is 6.04. The maximum Gasteiger partial charge on any atom is 0.256 e. The van der Waals surface area contributed by atoms with Gasteiger partial charge in [0.1, 0.15) is 5.82 Å². The van der Waals surface area contributed by atoms with Crippen molar-refractivity contribution in [3.8, 4) is 11.1 Å². The van der Waals surface area contributed by atoms with E-state index in [4.69, 9.17) is 0 Å². The summed E-state index contributed by atoms with van der Waals surface area (Å²) >= 11 is 0. The van der Waals surface area contributed by atoms with Crippen LogP contribution in [0.15, 0.2) is 54.9 Å². The van der Waals surface area contributed by atoms with Crippen molar-refractivity contribution in [1.29, 1.82) is 0 Å². The Morgan fingerprint density at radius 1 is 1.07 bits per heavy atom. The van der Waals surface area contributed by atoms with E-state index in [1.165, 1.54) is 0 Å². The lowest BCUT2D eigenvalue weighted by Gasteiger charge is -2.19. The molecular formula is C24H25N5O. The van der Waals surface area contributed by atoms with Crippen LogP contribution in [0.2, 0.25) is 0 Å². The Morgan fingerprint density at radius 3 is 2.57 bits per heavy atom. The molecule has 2 aromatic carbocycles. The molecule has 0 aliphatic rings. The molecule has 0 fully saturated rings. The Labute approximate surface area is 176 Å². The van der Waals surface area contributed by atoms with Crippen molar-refractivity contribution in [3.05, 3.63) is 71.7 Å². The Kier molecular flexibility index (Phi) is 4.86. The van der Waals surface area contributed by atoms with E-state index < -0.39 is 0 Å². The molecule has 0 atom stereocenters. The van der Waals surface area contributed by atoms with Crippen LogP contribution in [0.1, 0.15) is 42.4 Å². The summed E-state index contributed by atoms with van der Waals surface area (Å²) in [4.78, 5) is 12.8. The van der Waals surface area contributed by atoms with Gasteiger partial charge in [0.05, 0.1) is 18.1 Å². The van der Waals surface area contributed by atoms with E-state index in [2.05, 4.69) is 59.6 Å². The molecule has 0 saturated carbocycles. The molecule has 152 valence electrons. The molecule has 4 rings (SSSR count). The zero-order valence-electron chi connectivity index (χ0n) is 17.9. The smallest absolute Gasteiger partial charge is 0.256 e. The highest BCUT2D eigenvalue weighted by Crippen LogP contribution is 2.32. The quantitative estimate of drug-likeness (QED) is 0.532. The summed E-state index contributed by atoms with van der Waals surface area (Å²) in [5.41, 5.74) is 4.65. The third-order valence-electron chi connectivity index (χ3n) is 5.24. The van der Waals surface area contributed by atoms with Crippen molar-refractivity contribution in [3.63, 3.8) is 0 Å². The molecule has 0 saturated heterocycles. The van der Waals surface area contributed by atoms with Gasteiger partial charge in [-0.25, -0.2) is 0 Å². The zero-order valence-corrected chi connectivity index (χ0v) is 17.9. The van der Waals surface area contributed by atoms with Crippen LogP contribution in [0.25, 0.3) is 21.9 Å². The highest BCUT2D eigenvalue weighted by atomic mass is 16.1. The fraction of sp³-hybridized carbons (Fsp3) is 0.250. The summed E-state index contributed by atoms with van der Waals surface area (Å²) in [6.45, 7) is 8.46. The first-order valence-electron chi connectivity index (χ1n) is 9.90. The van der Waals surface area contributed by atoms with Crippen molar-refractivity contribution < 1.29 is 4.79 Å². The largest absolute Gasteiger partial charge is 0.307 e. The number of anilines is 1. The summed E-state index contributed by atoms with van der Waals surface area (Å²) in [6, 6.07) is 13.8.